The first kappa shape index (κ1) is 21.5. The minimum absolute atomic E-state index is 0.326. The number of nitrogens with zero attached hydrogens (tertiary/aromatic N) is 3. The van der Waals surface area contributed by atoms with E-state index < -0.39 is 5.60 Å². The van der Waals surface area contributed by atoms with Gasteiger partial charge in [-0.1, -0.05) is 29.3 Å². The highest BCUT2D eigenvalue weighted by atomic mass is 35.5. The maximum absolute atomic E-state index is 12.3. The number of aromatic nitrogens is 2. The third-order valence-corrected chi connectivity index (χ3v) is 5.73. The molecule has 0 atom stereocenters. The van der Waals surface area contributed by atoms with Crippen LogP contribution in [0.2, 0.25) is 10.0 Å². The van der Waals surface area contributed by atoms with Crippen LogP contribution < -0.4 is 4.74 Å². The molecule has 0 unspecified atom stereocenters. The van der Waals surface area contributed by atoms with Crippen molar-refractivity contribution in [3.05, 3.63) is 58.5 Å². The Morgan fingerprint density at radius 2 is 1.97 bits per heavy atom. The topological polar surface area (TPSA) is 56.1 Å². The number of rotatable bonds is 3. The second kappa shape index (κ2) is 8.09. The summed E-state index contributed by atoms with van der Waals surface area (Å²) in [6, 6.07) is 7.37. The number of amides is 1. The van der Waals surface area contributed by atoms with Gasteiger partial charge in [-0.3, -0.25) is 0 Å². The number of hydrogen-bond donors (Lipinski definition) is 0. The van der Waals surface area contributed by atoms with Gasteiger partial charge in [-0.15, -0.1) is 0 Å². The Balaban J connectivity index is 1.62. The smallest absolute Gasteiger partial charge is 0.410 e. The van der Waals surface area contributed by atoms with E-state index in [1.807, 2.05) is 55.8 Å². The highest BCUT2D eigenvalue weighted by molar-refractivity contribution is 6.44. The fourth-order valence-electron chi connectivity index (χ4n) is 3.47. The summed E-state index contributed by atoms with van der Waals surface area (Å²) in [6.45, 7) is 6.53. The van der Waals surface area contributed by atoms with Gasteiger partial charge in [0.05, 0.1) is 29.4 Å². The van der Waals surface area contributed by atoms with E-state index in [1.54, 1.807) is 24.1 Å². The lowest BCUT2D eigenvalue weighted by molar-refractivity contribution is 0.0306. The summed E-state index contributed by atoms with van der Waals surface area (Å²) in [7, 11) is 1.60. The molecule has 1 amide bonds. The zero-order valence-electron chi connectivity index (χ0n) is 17.8. The summed E-state index contributed by atoms with van der Waals surface area (Å²) < 4.78 is 12.9. The van der Waals surface area contributed by atoms with Crippen LogP contribution in [-0.2, 0) is 4.74 Å². The van der Waals surface area contributed by atoms with Crippen molar-refractivity contribution in [2.45, 2.75) is 26.4 Å². The van der Waals surface area contributed by atoms with Gasteiger partial charge in [-0.2, -0.15) is 0 Å². The Bertz CT molecular complexity index is 1190. The molecule has 3 heterocycles. The molecule has 3 aromatic rings. The number of carbonyl (C=O) groups is 1. The molecule has 1 aromatic carbocycles. The minimum Gasteiger partial charge on any atom is -0.496 e. The zero-order chi connectivity index (χ0) is 22.3. The summed E-state index contributed by atoms with van der Waals surface area (Å²) in [5.74, 6) is 0.636. The van der Waals surface area contributed by atoms with Gasteiger partial charge in [0.1, 0.15) is 17.0 Å². The first-order chi connectivity index (χ1) is 14.7. The van der Waals surface area contributed by atoms with Gasteiger partial charge in [0.15, 0.2) is 0 Å². The summed E-state index contributed by atoms with van der Waals surface area (Å²) in [6.07, 6.45) is 5.54. The van der Waals surface area contributed by atoms with Crippen molar-refractivity contribution in [3.63, 3.8) is 0 Å². The highest BCUT2D eigenvalue weighted by Gasteiger charge is 2.26. The van der Waals surface area contributed by atoms with Crippen molar-refractivity contribution in [2.75, 3.05) is 20.2 Å². The number of benzene rings is 1. The van der Waals surface area contributed by atoms with E-state index in [0.717, 1.165) is 28.0 Å². The van der Waals surface area contributed by atoms with Crippen LogP contribution in [0.4, 0.5) is 4.79 Å². The Morgan fingerprint density at radius 1 is 1.19 bits per heavy atom. The lowest BCUT2D eigenvalue weighted by Crippen LogP contribution is -2.35. The minimum atomic E-state index is -0.526. The molecule has 0 N–H and O–H groups in total. The third-order valence-electron chi connectivity index (χ3n) is 4.93. The third kappa shape index (κ3) is 4.36. The normalized spacial score (nSPS) is 14.1. The van der Waals surface area contributed by atoms with E-state index in [9.17, 15) is 4.79 Å². The molecular formula is C23H23Cl2N3O3. The van der Waals surface area contributed by atoms with Crippen LogP contribution in [-0.4, -0.2) is 46.2 Å². The highest BCUT2D eigenvalue weighted by Crippen LogP contribution is 2.41. The Kier molecular flexibility index (Phi) is 5.62. The number of pyridine rings is 1. The fourth-order valence-corrected chi connectivity index (χ4v) is 3.89. The predicted octanol–water partition coefficient (Wildman–Crippen LogP) is 5.95. The van der Waals surface area contributed by atoms with Crippen LogP contribution >= 0.6 is 23.2 Å². The van der Waals surface area contributed by atoms with E-state index in [-0.39, 0.29) is 6.09 Å². The van der Waals surface area contributed by atoms with Crippen molar-refractivity contribution >= 4 is 40.5 Å². The first-order valence-corrected chi connectivity index (χ1v) is 10.6. The molecule has 0 aliphatic carbocycles. The van der Waals surface area contributed by atoms with Gasteiger partial charge in [0.2, 0.25) is 0 Å². The van der Waals surface area contributed by atoms with E-state index in [0.29, 0.717) is 28.9 Å². The lowest BCUT2D eigenvalue weighted by atomic mass is 10.1. The maximum Gasteiger partial charge on any atom is 0.410 e. The van der Waals surface area contributed by atoms with Gasteiger partial charge >= 0.3 is 6.09 Å². The SMILES string of the molecule is COc1ccc(Cl)c(Cl)c1-c1ccn2cc(C3=CCN(C(=O)OC(C)(C)C)C3)nc2c1. The molecule has 0 saturated heterocycles. The number of carbonyl (C=O) groups excluding carboxylic acids is 1. The molecule has 1 aliphatic heterocycles. The predicted molar refractivity (Wildman–Crippen MR) is 123 cm³/mol. The number of methoxy groups -OCH3 is 1. The molecule has 0 saturated carbocycles. The summed E-state index contributed by atoms with van der Waals surface area (Å²) in [5.41, 5.74) is 3.59. The molecule has 8 heteroatoms. The van der Waals surface area contributed by atoms with Gasteiger partial charge in [-0.25, -0.2) is 9.78 Å². The van der Waals surface area contributed by atoms with E-state index in [4.69, 9.17) is 37.7 Å². The van der Waals surface area contributed by atoms with Crippen molar-refractivity contribution < 1.29 is 14.3 Å². The van der Waals surface area contributed by atoms with Crippen molar-refractivity contribution in [1.82, 2.24) is 14.3 Å². The molecule has 31 heavy (non-hydrogen) atoms. The Morgan fingerprint density at radius 3 is 2.68 bits per heavy atom. The summed E-state index contributed by atoms with van der Waals surface area (Å²) in [4.78, 5) is 18.8. The average Bonchev–Trinajstić information content (AvgIpc) is 3.35. The lowest BCUT2D eigenvalue weighted by Gasteiger charge is -2.24. The van der Waals surface area contributed by atoms with Crippen molar-refractivity contribution in [3.8, 4) is 16.9 Å². The molecule has 2 aromatic heterocycles. The van der Waals surface area contributed by atoms with Crippen LogP contribution in [0, 0.1) is 0 Å². The molecule has 0 radical (unpaired) electrons. The second-order valence-corrected chi connectivity index (χ2v) is 9.12. The monoisotopic (exact) mass is 459 g/mol. The van der Waals surface area contributed by atoms with Crippen LogP contribution in [0.15, 0.2) is 42.7 Å². The molecule has 0 spiro atoms. The summed E-state index contributed by atoms with van der Waals surface area (Å²) >= 11 is 12.7. The van der Waals surface area contributed by atoms with Crippen LogP contribution in [0.1, 0.15) is 26.5 Å². The molecular weight excluding hydrogens is 437 g/mol. The van der Waals surface area contributed by atoms with Crippen LogP contribution in [0.25, 0.3) is 22.3 Å². The molecule has 4 rings (SSSR count). The number of imidazole rings is 1. The molecule has 162 valence electrons. The van der Waals surface area contributed by atoms with E-state index in [1.165, 1.54) is 0 Å². The van der Waals surface area contributed by atoms with Gasteiger partial charge in [-0.05, 0) is 56.2 Å². The van der Waals surface area contributed by atoms with Crippen LogP contribution in [0.5, 0.6) is 5.75 Å². The number of halogens is 2. The molecule has 6 nitrogen and oxygen atoms in total. The van der Waals surface area contributed by atoms with Gasteiger partial charge in [0, 0.05) is 24.5 Å². The van der Waals surface area contributed by atoms with Gasteiger partial charge in [0.25, 0.3) is 0 Å². The van der Waals surface area contributed by atoms with E-state index in [2.05, 4.69) is 0 Å². The van der Waals surface area contributed by atoms with Gasteiger partial charge < -0.3 is 18.8 Å². The number of ether oxygens (including phenoxy) is 2. The summed E-state index contributed by atoms with van der Waals surface area (Å²) in [5, 5.41) is 0.892. The second-order valence-electron chi connectivity index (χ2n) is 8.34. The largest absolute Gasteiger partial charge is 0.496 e. The van der Waals surface area contributed by atoms with Crippen molar-refractivity contribution in [2.24, 2.45) is 0 Å². The molecule has 0 bridgehead atoms. The average molecular weight is 460 g/mol. The van der Waals surface area contributed by atoms with E-state index >= 15 is 0 Å². The Hall–Kier alpha value is -2.70. The number of fused-ring (bicyclic) bond motifs is 1. The van der Waals surface area contributed by atoms with Crippen LogP contribution in [0.3, 0.4) is 0 Å². The standard InChI is InChI=1S/C23H23Cl2N3O3/c1-23(2,3)31-22(29)28-10-8-15(12-28)17-13-27-9-7-14(11-19(27)26-17)20-18(30-4)6-5-16(24)21(20)25/h5-9,11,13H,10,12H2,1-4H3. The van der Waals surface area contributed by atoms with Crippen molar-refractivity contribution in [1.29, 1.82) is 0 Å². The molecule has 0 fully saturated rings. The first-order valence-electron chi connectivity index (χ1n) is 9.85. The maximum atomic E-state index is 12.3. The fraction of sp³-hybridized carbons (Fsp3) is 0.304. The molecule has 1 aliphatic rings. The zero-order valence-corrected chi connectivity index (χ0v) is 19.3. The Labute approximate surface area is 191 Å². The quantitative estimate of drug-likeness (QED) is 0.485. The number of hydrogen-bond acceptors (Lipinski definition) is 4.